The number of nitrogens with one attached hydrogen (secondary N) is 1. The van der Waals surface area contributed by atoms with Gasteiger partial charge in [0.1, 0.15) is 5.82 Å². The van der Waals surface area contributed by atoms with Crippen LogP contribution in [0.5, 0.6) is 0 Å². The van der Waals surface area contributed by atoms with Crippen LogP contribution in [0, 0.1) is 0 Å². The first-order valence-corrected chi connectivity index (χ1v) is 9.86. The summed E-state index contributed by atoms with van der Waals surface area (Å²) in [4.78, 5) is 34.7. The minimum absolute atomic E-state index is 0.172. The molecule has 1 saturated heterocycles. The van der Waals surface area contributed by atoms with E-state index in [1.54, 1.807) is 24.3 Å². The van der Waals surface area contributed by atoms with Gasteiger partial charge in [0.25, 0.3) is 5.91 Å². The van der Waals surface area contributed by atoms with Crippen LogP contribution in [0.4, 0.5) is 29.5 Å². The van der Waals surface area contributed by atoms with Gasteiger partial charge in [0.2, 0.25) is 11.7 Å². The van der Waals surface area contributed by atoms with E-state index in [1.165, 1.54) is 29.3 Å². The molecule has 0 aliphatic carbocycles. The van der Waals surface area contributed by atoms with E-state index in [4.69, 9.17) is 9.52 Å². The highest BCUT2D eigenvalue weighted by molar-refractivity contribution is 6.04. The van der Waals surface area contributed by atoms with Gasteiger partial charge in [-0.05, 0) is 24.3 Å². The fourth-order valence-electron chi connectivity index (χ4n) is 3.33. The van der Waals surface area contributed by atoms with Crippen LogP contribution < -0.4 is 10.2 Å². The number of carboxylic acid groups (broad SMARTS) is 1. The first-order chi connectivity index (χ1) is 15.7. The molecule has 2 amide bonds. The number of aromatic nitrogens is 2. The third kappa shape index (κ3) is 4.89. The summed E-state index contributed by atoms with van der Waals surface area (Å²) in [6.45, 7) is 1.54. The van der Waals surface area contributed by atoms with Crippen LogP contribution in [0.3, 0.4) is 0 Å². The molecule has 0 atom stereocenters. The normalized spacial score (nSPS) is 14.3. The number of benzene rings is 1. The molecular weight excluding hydrogens is 443 g/mol. The molecule has 0 saturated carbocycles. The lowest BCUT2D eigenvalue weighted by Crippen LogP contribution is -2.48. The van der Waals surface area contributed by atoms with E-state index in [0.29, 0.717) is 37.6 Å². The van der Waals surface area contributed by atoms with Gasteiger partial charge in [-0.25, -0.2) is 14.8 Å². The molecule has 1 aliphatic heterocycles. The molecule has 3 aromatic rings. The SMILES string of the molecule is O=C(Nc1ccc(N2CCN(C(=O)O)CC2)nc1)c1nc(-c2ccccc2)oc1C(F)(F)F. The number of halogens is 3. The number of hydrogen-bond acceptors (Lipinski definition) is 6. The van der Waals surface area contributed by atoms with E-state index in [1.807, 2.05) is 4.90 Å². The van der Waals surface area contributed by atoms with Gasteiger partial charge in [0, 0.05) is 31.7 Å². The van der Waals surface area contributed by atoms with Crippen molar-refractivity contribution >= 4 is 23.5 Å². The monoisotopic (exact) mass is 461 g/mol. The molecule has 2 N–H and O–H groups in total. The fourth-order valence-corrected chi connectivity index (χ4v) is 3.33. The van der Waals surface area contributed by atoms with Crippen molar-refractivity contribution in [3.05, 3.63) is 60.1 Å². The number of rotatable bonds is 4. The lowest BCUT2D eigenvalue weighted by atomic mass is 10.2. The van der Waals surface area contributed by atoms with Gasteiger partial charge in [0.15, 0.2) is 5.69 Å². The standard InChI is InChI=1S/C21H18F3N5O4/c22-21(23,24)17-16(27-19(33-17)13-4-2-1-3-5-13)18(30)26-14-6-7-15(25-12-14)28-8-10-29(11-9-28)20(31)32/h1-7,12H,8-11H2,(H,26,30)(H,31,32). The predicted octanol–water partition coefficient (Wildman–Crippen LogP) is 3.81. The highest BCUT2D eigenvalue weighted by Gasteiger charge is 2.42. The van der Waals surface area contributed by atoms with Crippen LogP contribution in [0.15, 0.2) is 53.1 Å². The van der Waals surface area contributed by atoms with Crippen molar-refractivity contribution in [2.45, 2.75) is 6.18 Å². The van der Waals surface area contributed by atoms with Gasteiger partial charge in [-0.15, -0.1) is 0 Å². The Labute approximate surface area is 185 Å². The molecule has 172 valence electrons. The molecule has 1 fully saturated rings. The van der Waals surface area contributed by atoms with Crippen LogP contribution in [-0.2, 0) is 6.18 Å². The number of alkyl halides is 3. The van der Waals surface area contributed by atoms with E-state index >= 15 is 0 Å². The molecule has 3 heterocycles. The van der Waals surface area contributed by atoms with Crippen molar-refractivity contribution in [2.24, 2.45) is 0 Å². The molecule has 0 unspecified atom stereocenters. The van der Waals surface area contributed by atoms with Crippen molar-refractivity contribution in [1.82, 2.24) is 14.9 Å². The summed E-state index contributed by atoms with van der Waals surface area (Å²) in [5, 5.41) is 11.4. The Morgan fingerprint density at radius 2 is 1.73 bits per heavy atom. The topological polar surface area (TPSA) is 112 Å². The smallest absolute Gasteiger partial charge is 0.452 e. The summed E-state index contributed by atoms with van der Waals surface area (Å²) in [6.07, 6.45) is -4.59. The van der Waals surface area contributed by atoms with Gasteiger partial charge in [0.05, 0.1) is 11.9 Å². The summed E-state index contributed by atoms with van der Waals surface area (Å²) in [6, 6.07) is 11.0. The van der Waals surface area contributed by atoms with Crippen LogP contribution in [0.2, 0.25) is 0 Å². The average molecular weight is 461 g/mol. The van der Waals surface area contributed by atoms with Gasteiger partial charge >= 0.3 is 12.3 Å². The molecule has 4 rings (SSSR count). The summed E-state index contributed by atoms with van der Waals surface area (Å²) < 4.78 is 45.2. The number of carbonyl (C=O) groups is 2. The molecule has 33 heavy (non-hydrogen) atoms. The van der Waals surface area contributed by atoms with Crippen LogP contribution >= 0.6 is 0 Å². The Bertz CT molecular complexity index is 1140. The van der Waals surface area contributed by atoms with Gasteiger partial charge in [-0.3, -0.25) is 4.79 Å². The second-order valence-electron chi connectivity index (χ2n) is 7.18. The maximum absolute atomic E-state index is 13.4. The Hall–Kier alpha value is -4.09. The maximum Gasteiger partial charge on any atom is 0.452 e. The number of pyridine rings is 1. The van der Waals surface area contributed by atoms with Gasteiger partial charge < -0.3 is 24.6 Å². The van der Waals surface area contributed by atoms with Crippen molar-refractivity contribution in [3.63, 3.8) is 0 Å². The molecule has 1 aromatic carbocycles. The minimum atomic E-state index is -4.91. The van der Waals surface area contributed by atoms with Crippen LogP contribution in [0.25, 0.3) is 11.5 Å². The first kappa shape index (κ1) is 22.1. The minimum Gasteiger partial charge on any atom is -0.465 e. The molecule has 0 spiro atoms. The molecule has 0 radical (unpaired) electrons. The lowest BCUT2D eigenvalue weighted by molar-refractivity contribution is -0.153. The van der Waals surface area contributed by atoms with Crippen molar-refractivity contribution in [2.75, 3.05) is 36.4 Å². The summed E-state index contributed by atoms with van der Waals surface area (Å²) in [5.41, 5.74) is -0.406. The third-order valence-corrected chi connectivity index (χ3v) is 5.00. The van der Waals surface area contributed by atoms with E-state index < -0.39 is 29.6 Å². The number of carbonyl (C=O) groups excluding carboxylic acids is 1. The van der Waals surface area contributed by atoms with Crippen LogP contribution in [-0.4, -0.2) is 58.2 Å². The molecule has 2 aromatic heterocycles. The second-order valence-corrected chi connectivity index (χ2v) is 7.18. The summed E-state index contributed by atoms with van der Waals surface area (Å²) >= 11 is 0. The van der Waals surface area contributed by atoms with Crippen molar-refractivity contribution in [3.8, 4) is 11.5 Å². The highest BCUT2D eigenvalue weighted by Crippen LogP contribution is 2.35. The van der Waals surface area contributed by atoms with Crippen LogP contribution in [0.1, 0.15) is 16.2 Å². The lowest BCUT2D eigenvalue weighted by Gasteiger charge is -2.33. The largest absolute Gasteiger partial charge is 0.465 e. The van der Waals surface area contributed by atoms with E-state index in [0.717, 1.165) is 0 Å². The zero-order chi connectivity index (χ0) is 23.6. The Morgan fingerprint density at radius 1 is 1.03 bits per heavy atom. The Kier molecular flexibility index (Phi) is 5.90. The third-order valence-electron chi connectivity index (χ3n) is 5.00. The average Bonchev–Trinajstić information content (AvgIpc) is 3.27. The quantitative estimate of drug-likeness (QED) is 0.608. The van der Waals surface area contributed by atoms with E-state index in [9.17, 15) is 22.8 Å². The molecule has 9 nitrogen and oxygen atoms in total. The van der Waals surface area contributed by atoms with E-state index in [2.05, 4.69) is 15.3 Å². The summed E-state index contributed by atoms with van der Waals surface area (Å²) in [7, 11) is 0. The first-order valence-electron chi connectivity index (χ1n) is 9.86. The number of amides is 2. The number of hydrogen-bond donors (Lipinski definition) is 2. The maximum atomic E-state index is 13.4. The molecule has 12 heteroatoms. The molecular formula is C21H18F3N5O4. The zero-order valence-electron chi connectivity index (χ0n) is 17.0. The second kappa shape index (κ2) is 8.81. The Morgan fingerprint density at radius 3 is 2.30 bits per heavy atom. The molecule has 0 bridgehead atoms. The fraction of sp³-hybridized carbons (Fsp3) is 0.238. The number of oxazole rings is 1. The number of anilines is 2. The number of nitrogens with zero attached hydrogens (tertiary/aromatic N) is 4. The van der Waals surface area contributed by atoms with Gasteiger partial charge in [-0.1, -0.05) is 18.2 Å². The zero-order valence-corrected chi connectivity index (χ0v) is 17.0. The summed E-state index contributed by atoms with van der Waals surface area (Å²) in [5.74, 6) is -2.33. The van der Waals surface area contributed by atoms with E-state index in [-0.39, 0.29) is 11.6 Å². The van der Waals surface area contributed by atoms with Crippen molar-refractivity contribution in [1.29, 1.82) is 0 Å². The molecule has 1 aliphatic rings. The van der Waals surface area contributed by atoms with Crippen molar-refractivity contribution < 1.29 is 32.3 Å². The van der Waals surface area contributed by atoms with Gasteiger partial charge in [-0.2, -0.15) is 13.2 Å². The highest BCUT2D eigenvalue weighted by atomic mass is 19.4. The number of piperazine rings is 1. The Balaban J connectivity index is 1.49. The predicted molar refractivity (Wildman–Crippen MR) is 111 cm³/mol.